The largest absolute Gasteiger partial charge is 0.323 e. The number of hydrazine groups is 1. The third kappa shape index (κ3) is 3.51. The summed E-state index contributed by atoms with van der Waals surface area (Å²) in [5, 5.41) is 2.80. The Morgan fingerprint density at radius 1 is 1.50 bits per heavy atom. The van der Waals surface area contributed by atoms with E-state index < -0.39 is 0 Å². The van der Waals surface area contributed by atoms with Gasteiger partial charge in [-0.1, -0.05) is 13.0 Å². The quantitative estimate of drug-likeness (QED) is 0.317. The molecule has 0 aromatic heterocycles. The summed E-state index contributed by atoms with van der Waals surface area (Å²) >= 11 is 0. The van der Waals surface area contributed by atoms with Crippen LogP contribution in [0.3, 0.4) is 0 Å². The predicted molar refractivity (Wildman–Crippen MR) is 64.7 cm³/mol. The third-order valence-electron chi connectivity index (χ3n) is 2.01. The summed E-state index contributed by atoms with van der Waals surface area (Å²) < 4.78 is 13.5. The molecule has 0 unspecified atom stereocenters. The van der Waals surface area contributed by atoms with E-state index in [9.17, 15) is 4.39 Å². The highest BCUT2D eigenvalue weighted by Gasteiger charge is 2.03. The average Bonchev–Trinajstić information content (AvgIpc) is 2.27. The van der Waals surface area contributed by atoms with E-state index >= 15 is 0 Å². The minimum absolute atomic E-state index is 0.320. The van der Waals surface area contributed by atoms with Gasteiger partial charge in [-0.15, -0.1) is 0 Å². The molecular formula is C11H17FN4. The van der Waals surface area contributed by atoms with Crippen LogP contribution in [0.2, 0.25) is 0 Å². The molecule has 0 amide bonds. The normalized spacial score (nSPS) is 11.4. The Morgan fingerprint density at radius 2 is 2.25 bits per heavy atom. The minimum atomic E-state index is -0.320. The van der Waals surface area contributed by atoms with Crippen LogP contribution in [-0.4, -0.2) is 12.5 Å². The summed E-state index contributed by atoms with van der Waals surface area (Å²) in [4.78, 5) is 4.12. The molecule has 0 spiro atoms. The summed E-state index contributed by atoms with van der Waals surface area (Å²) in [6, 6.07) is 4.93. The zero-order valence-electron chi connectivity index (χ0n) is 9.55. The SMILES string of the molecule is CCCN=C(NN)Nc1ccc(C)cc1F. The lowest BCUT2D eigenvalue weighted by atomic mass is 10.2. The van der Waals surface area contributed by atoms with Gasteiger partial charge < -0.3 is 5.32 Å². The molecule has 5 heteroatoms. The lowest BCUT2D eigenvalue weighted by molar-refractivity contribution is 0.630. The van der Waals surface area contributed by atoms with Crippen molar-refractivity contribution < 1.29 is 4.39 Å². The molecule has 1 aromatic carbocycles. The first-order chi connectivity index (χ1) is 7.67. The molecule has 0 aliphatic rings. The van der Waals surface area contributed by atoms with Crippen molar-refractivity contribution in [1.82, 2.24) is 5.43 Å². The molecule has 4 N–H and O–H groups in total. The van der Waals surface area contributed by atoms with E-state index in [2.05, 4.69) is 15.7 Å². The molecule has 0 atom stereocenters. The molecule has 4 nitrogen and oxygen atoms in total. The Kier molecular flexibility index (Phi) is 4.72. The van der Waals surface area contributed by atoms with Gasteiger partial charge in [-0.05, 0) is 31.0 Å². The molecule has 88 valence electrons. The first-order valence-electron chi connectivity index (χ1n) is 5.21. The second kappa shape index (κ2) is 6.07. The van der Waals surface area contributed by atoms with E-state index in [0.29, 0.717) is 18.2 Å². The van der Waals surface area contributed by atoms with Crippen molar-refractivity contribution in [2.24, 2.45) is 10.8 Å². The van der Waals surface area contributed by atoms with Crippen molar-refractivity contribution in [3.8, 4) is 0 Å². The second-order valence-electron chi connectivity index (χ2n) is 3.48. The van der Waals surface area contributed by atoms with Gasteiger partial charge in [-0.2, -0.15) is 0 Å². The summed E-state index contributed by atoms with van der Waals surface area (Å²) in [5.74, 6) is 5.32. The molecular weight excluding hydrogens is 207 g/mol. The molecule has 0 fully saturated rings. The first kappa shape index (κ1) is 12.4. The van der Waals surface area contributed by atoms with Crippen molar-refractivity contribution in [2.45, 2.75) is 20.3 Å². The summed E-state index contributed by atoms with van der Waals surface area (Å²) in [6.45, 7) is 4.48. The highest BCUT2D eigenvalue weighted by Crippen LogP contribution is 2.14. The maximum atomic E-state index is 13.5. The molecule has 0 heterocycles. The molecule has 0 saturated heterocycles. The number of aliphatic imine (C=N–C) groups is 1. The zero-order valence-corrected chi connectivity index (χ0v) is 9.55. The Bertz CT molecular complexity index is 376. The van der Waals surface area contributed by atoms with Gasteiger partial charge in [0.15, 0.2) is 0 Å². The van der Waals surface area contributed by atoms with Crippen LogP contribution >= 0.6 is 0 Å². The number of aryl methyl sites for hydroxylation is 1. The highest BCUT2D eigenvalue weighted by molar-refractivity contribution is 5.93. The maximum Gasteiger partial charge on any atom is 0.210 e. The maximum absolute atomic E-state index is 13.5. The number of halogens is 1. The minimum Gasteiger partial charge on any atom is -0.323 e. The van der Waals surface area contributed by atoms with Crippen LogP contribution in [-0.2, 0) is 0 Å². The average molecular weight is 224 g/mol. The number of nitrogens with one attached hydrogen (secondary N) is 2. The fourth-order valence-corrected chi connectivity index (χ4v) is 1.19. The van der Waals surface area contributed by atoms with Crippen LogP contribution < -0.4 is 16.6 Å². The van der Waals surface area contributed by atoms with Gasteiger partial charge in [0.1, 0.15) is 5.82 Å². The van der Waals surface area contributed by atoms with Gasteiger partial charge in [0.25, 0.3) is 0 Å². The van der Waals surface area contributed by atoms with Crippen molar-refractivity contribution in [3.63, 3.8) is 0 Å². The Hall–Kier alpha value is -1.62. The van der Waals surface area contributed by atoms with Crippen LogP contribution in [0.25, 0.3) is 0 Å². The Balaban J connectivity index is 2.78. The summed E-state index contributed by atoms with van der Waals surface area (Å²) in [5.41, 5.74) is 3.63. The molecule has 0 bridgehead atoms. The summed E-state index contributed by atoms with van der Waals surface area (Å²) in [6.07, 6.45) is 0.906. The topological polar surface area (TPSA) is 62.4 Å². The number of hydrogen-bond donors (Lipinski definition) is 3. The number of nitrogens with two attached hydrogens (primary N) is 1. The van der Waals surface area contributed by atoms with Crippen LogP contribution in [0.5, 0.6) is 0 Å². The van der Waals surface area contributed by atoms with Gasteiger partial charge in [0, 0.05) is 6.54 Å². The van der Waals surface area contributed by atoms with Crippen molar-refractivity contribution >= 4 is 11.6 Å². The molecule has 0 aliphatic carbocycles. The molecule has 0 saturated carbocycles. The van der Waals surface area contributed by atoms with E-state index in [1.54, 1.807) is 6.07 Å². The van der Waals surface area contributed by atoms with E-state index in [1.165, 1.54) is 6.07 Å². The Morgan fingerprint density at radius 3 is 2.81 bits per heavy atom. The highest BCUT2D eigenvalue weighted by atomic mass is 19.1. The van der Waals surface area contributed by atoms with Crippen LogP contribution in [0, 0.1) is 12.7 Å². The van der Waals surface area contributed by atoms with Crippen LogP contribution in [0.4, 0.5) is 10.1 Å². The summed E-state index contributed by atoms with van der Waals surface area (Å²) in [7, 11) is 0. The lowest BCUT2D eigenvalue weighted by Crippen LogP contribution is -2.36. The Labute approximate surface area is 94.7 Å². The molecule has 1 aromatic rings. The van der Waals surface area contributed by atoms with E-state index in [1.807, 2.05) is 19.9 Å². The number of benzene rings is 1. The van der Waals surface area contributed by atoms with E-state index in [-0.39, 0.29) is 5.82 Å². The lowest BCUT2D eigenvalue weighted by Gasteiger charge is -2.10. The molecule has 1 rings (SSSR count). The zero-order chi connectivity index (χ0) is 12.0. The second-order valence-corrected chi connectivity index (χ2v) is 3.48. The number of hydrogen-bond acceptors (Lipinski definition) is 2. The van der Waals surface area contributed by atoms with Gasteiger partial charge in [0.2, 0.25) is 5.96 Å². The number of nitrogens with zero attached hydrogens (tertiary/aromatic N) is 1. The fourth-order valence-electron chi connectivity index (χ4n) is 1.19. The first-order valence-corrected chi connectivity index (χ1v) is 5.21. The third-order valence-corrected chi connectivity index (χ3v) is 2.01. The molecule has 0 aliphatic heterocycles. The van der Waals surface area contributed by atoms with E-state index in [4.69, 9.17) is 5.84 Å². The smallest absolute Gasteiger partial charge is 0.210 e. The standard InChI is InChI=1S/C11H17FN4/c1-3-6-14-11(16-13)15-10-5-4-8(2)7-9(10)12/h4-5,7H,3,6,13H2,1-2H3,(H2,14,15,16). The van der Waals surface area contributed by atoms with Crippen molar-refractivity contribution in [2.75, 3.05) is 11.9 Å². The fraction of sp³-hybridized carbons (Fsp3) is 0.364. The monoisotopic (exact) mass is 224 g/mol. The van der Waals surface area contributed by atoms with Gasteiger partial charge in [-0.25, -0.2) is 10.2 Å². The van der Waals surface area contributed by atoms with E-state index in [0.717, 1.165) is 12.0 Å². The molecule has 0 radical (unpaired) electrons. The van der Waals surface area contributed by atoms with Gasteiger partial charge in [-0.3, -0.25) is 10.4 Å². The van der Waals surface area contributed by atoms with Crippen molar-refractivity contribution in [1.29, 1.82) is 0 Å². The van der Waals surface area contributed by atoms with Gasteiger partial charge >= 0.3 is 0 Å². The van der Waals surface area contributed by atoms with Crippen LogP contribution in [0.15, 0.2) is 23.2 Å². The number of anilines is 1. The predicted octanol–water partition coefficient (Wildman–Crippen LogP) is 1.78. The number of rotatable bonds is 3. The van der Waals surface area contributed by atoms with Gasteiger partial charge in [0.05, 0.1) is 5.69 Å². The number of guanidine groups is 1. The molecule has 16 heavy (non-hydrogen) atoms. The van der Waals surface area contributed by atoms with Crippen LogP contribution in [0.1, 0.15) is 18.9 Å². The van der Waals surface area contributed by atoms with Crippen molar-refractivity contribution in [3.05, 3.63) is 29.6 Å².